The van der Waals surface area contributed by atoms with Gasteiger partial charge in [-0.05, 0) is 12.1 Å². The molecular formula is C16H23N3O5S. The van der Waals surface area contributed by atoms with Crippen molar-refractivity contribution in [3.05, 3.63) is 28.3 Å². The van der Waals surface area contributed by atoms with Crippen LogP contribution in [-0.4, -0.2) is 56.6 Å². The van der Waals surface area contributed by atoms with Gasteiger partial charge in [0.05, 0.1) is 9.82 Å². The maximum atomic E-state index is 12.3. The molecule has 9 heteroatoms. The van der Waals surface area contributed by atoms with E-state index in [1.807, 2.05) is 25.7 Å². The zero-order chi connectivity index (χ0) is 19.0. The Morgan fingerprint density at radius 2 is 1.72 bits per heavy atom. The van der Waals surface area contributed by atoms with E-state index in [0.29, 0.717) is 31.9 Å². The van der Waals surface area contributed by atoms with E-state index in [1.54, 1.807) is 4.90 Å². The predicted octanol–water partition coefficient (Wildman–Crippen LogP) is 1.69. The zero-order valence-corrected chi connectivity index (χ0v) is 15.7. The number of hydrogen-bond acceptors (Lipinski definition) is 6. The number of carbonyl (C=O) groups excluding carboxylic acids is 1. The molecule has 1 fully saturated rings. The first-order chi connectivity index (χ1) is 11.4. The normalized spacial score (nSPS) is 16.0. The molecule has 8 nitrogen and oxygen atoms in total. The maximum Gasteiger partial charge on any atom is 0.293 e. The third-order valence-corrected chi connectivity index (χ3v) is 5.23. The fourth-order valence-electron chi connectivity index (χ4n) is 2.77. The van der Waals surface area contributed by atoms with Crippen LogP contribution in [0.2, 0.25) is 0 Å². The molecule has 0 radical (unpaired) electrons. The molecule has 0 unspecified atom stereocenters. The summed E-state index contributed by atoms with van der Waals surface area (Å²) in [4.78, 5) is 26.6. The minimum Gasteiger partial charge on any atom is -0.362 e. The molecule has 0 bridgehead atoms. The molecule has 25 heavy (non-hydrogen) atoms. The van der Waals surface area contributed by atoms with Gasteiger partial charge in [0.2, 0.25) is 5.91 Å². The first-order valence-corrected chi connectivity index (χ1v) is 9.83. The molecule has 2 rings (SSSR count). The fourth-order valence-corrected chi connectivity index (χ4v) is 3.41. The molecule has 1 saturated heterocycles. The van der Waals surface area contributed by atoms with Gasteiger partial charge in [-0.3, -0.25) is 14.9 Å². The number of piperazine rings is 1. The van der Waals surface area contributed by atoms with Gasteiger partial charge in [-0.1, -0.05) is 20.8 Å². The molecule has 1 aliphatic heterocycles. The number of hydrogen-bond donors (Lipinski definition) is 0. The quantitative estimate of drug-likeness (QED) is 0.594. The summed E-state index contributed by atoms with van der Waals surface area (Å²) in [7, 11) is -3.52. The Bertz CT molecular complexity index is 790. The second-order valence-electron chi connectivity index (χ2n) is 7.21. The highest BCUT2D eigenvalue weighted by Crippen LogP contribution is 2.32. The lowest BCUT2D eigenvalue weighted by molar-refractivity contribution is -0.384. The molecule has 0 aliphatic carbocycles. The van der Waals surface area contributed by atoms with Crippen molar-refractivity contribution in [2.24, 2.45) is 5.41 Å². The van der Waals surface area contributed by atoms with Crippen LogP contribution in [0.15, 0.2) is 23.1 Å². The summed E-state index contributed by atoms with van der Waals surface area (Å²) in [5.41, 5.74) is -0.329. The number of amides is 1. The van der Waals surface area contributed by atoms with Crippen molar-refractivity contribution < 1.29 is 18.1 Å². The SMILES string of the molecule is CC(C)(C)C(=O)N1CCN(c2ccc(S(C)(=O)=O)cc2[N+](=O)[O-])CC1. The number of nitro groups is 1. The molecular weight excluding hydrogens is 346 g/mol. The van der Waals surface area contributed by atoms with Crippen LogP contribution in [0.5, 0.6) is 0 Å². The Labute approximate surface area is 147 Å². The van der Waals surface area contributed by atoms with Crippen LogP contribution in [-0.2, 0) is 14.6 Å². The maximum absolute atomic E-state index is 12.3. The van der Waals surface area contributed by atoms with E-state index >= 15 is 0 Å². The van der Waals surface area contributed by atoms with Crippen LogP contribution in [0.4, 0.5) is 11.4 Å². The standard InChI is InChI=1S/C16H23N3O5S/c1-16(2,3)15(20)18-9-7-17(8-10-18)13-6-5-12(25(4,23)24)11-14(13)19(21)22/h5-6,11H,7-10H2,1-4H3. The topological polar surface area (TPSA) is 101 Å². The van der Waals surface area contributed by atoms with Crippen molar-refractivity contribution in [1.29, 1.82) is 0 Å². The van der Waals surface area contributed by atoms with E-state index in [4.69, 9.17) is 0 Å². The largest absolute Gasteiger partial charge is 0.362 e. The van der Waals surface area contributed by atoms with E-state index < -0.39 is 20.2 Å². The van der Waals surface area contributed by atoms with E-state index in [0.717, 1.165) is 12.3 Å². The average Bonchev–Trinajstić information content (AvgIpc) is 2.52. The van der Waals surface area contributed by atoms with Crippen LogP contribution < -0.4 is 4.90 Å². The Morgan fingerprint density at radius 3 is 2.16 bits per heavy atom. The number of carbonyl (C=O) groups is 1. The summed E-state index contributed by atoms with van der Waals surface area (Å²) in [6.45, 7) is 7.44. The molecule has 1 aliphatic rings. The highest BCUT2D eigenvalue weighted by atomic mass is 32.2. The van der Waals surface area contributed by atoms with E-state index in [9.17, 15) is 23.3 Å². The van der Waals surface area contributed by atoms with Crippen molar-refractivity contribution in [2.75, 3.05) is 37.3 Å². The highest BCUT2D eigenvalue weighted by molar-refractivity contribution is 7.90. The van der Waals surface area contributed by atoms with Gasteiger partial charge in [-0.2, -0.15) is 0 Å². The number of rotatable bonds is 3. The molecule has 0 atom stereocenters. The molecule has 0 saturated carbocycles. The number of benzene rings is 1. The number of nitro benzene ring substituents is 1. The van der Waals surface area contributed by atoms with Crippen LogP contribution >= 0.6 is 0 Å². The van der Waals surface area contributed by atoms with Gasteiger partial charge in [0.1, 0.15) is 5.69 Å². The minimum atomic E-state index is -3.52. The molecule has 1 aromatic carbocycles. The van der Waals surface area contributed by atoms with Gasteiger partial charge in [0.25, 0.3) is 5.69 Å². The van der Waals surface area contributed by atoms with Crippen LogP contribution in [0, 0.1) is 15.5 Å². The Hall–Kier alpha value is -2.16. The van der Waals surface area contributed by atoms with Crippen molar-refractivity contribution in [2.45, 2.75) is 25.7 Å². The van der Waals surface area contributed by atoms with Crippen molar-refractivity contribution in [3.8, 4) is 0 Å². The second-order valence-corrected chi connectivity index (χ2v) is 9.22. The lowest BCUT2D eigenvalue weighted by Gasteiger charge is -2.38. The minimum absolute atomic E-state index is 0.0501. The van der Waals surface area contributed by atoms with Crippen molar-refractivity contribution in [1.82, 2.24) is 4.90 Å². The fraction of sp³-hybridized carbons (Fsp3) is 0.562. The predicted molar refractivity (Wildman–Crippen MR) is 94.5 cm³/mol. The number of anilines is 1. The molecule has 0 N–H and O–H groups in total. The average molecular weight is 369 g/mol. The van der Waals surface area contributed by atoms with Gasteiger partial charge >= 0.3 is 0 Å². The molecule has 1 aromatic rings. The van der Waals surface area contributed by atoms with Gasteiger partial charge in [0.15, 0.2) is 9.84 Å². The Kier molecular flexibility index (Phi) is 5.08. The van der Waals surface area contributed by atoms with Crippen molar-refractivity contribution >= 4 is 27.1 Å². The van der Waals surface area contributed by atoms with Crippen LogP contribution in [0.25, 0.3) is 0 Å². The summed E-state index contributed by atoms with van der Waals surface area (Å²) in [5.74, 6) is 0.0501. The summed E-state index contributed by atoms with van der Waals surface area (Å²) in [5, 5.41) is 11.4. The van der Waals surface area contributed by atoms with Gasteiger partial charge in [0, 0.05) is 43.9 Å². The summed E-state index contributed by atoms with van der Waals surface area (Å²) >= 11 is 0. The molecule has 1 amide bonds. The van der Waals surface area contributed by atoms with Gasteiger partial charge in [-0.15, -0.1) is 0 Å². The first-order valence-electron chi connectivity index (χ1n) is 7.94. The van der Waals surface area contributed by atoms with Crippen molar-refractivity contribution in [3.63, 3.8) is 0 Å². The van der Waals surface area contributed by atoms with Gasteiger partial charge in [-0.25, -0.2) is 8.42 Å². The first kappa shape index (κ1) is 19.2. The monoisotopic (exact) mass is 369 g/mol. The molecule has 0 spiro atoms. The smallest absolute Gasteiger partial charge is 0.293 e. The summed E-state index contributed by atoms with van der Waals surface area (Å²) in [6.07, 6.45) is 1.02. The Balaban J connectivity index is 2.24. The van der Waals surface area contributed by atoms with E-state index in [-0.39, 0.29) is 16.5 Å². The Morgan fingerprint density at radius 1 is 1.16 bits per heavy atom. The van der Waals surface area contributed by atoms with Crippen LogP contribution in [0.1, 0.15) is 20.8 Å². The highest BCUT2D eigenvalue weighted by Gasteiger charge is 2.31. The third kappa shape index (κ3) is 4.28. The lowest BCUT2D eigenvalue weighted by atomic mass is 9.94. The van der Waals surface area contributed by atoms with E-state index in [1.165, 1.54) is 12.1 Å². The molecule has 1 heterocycles. The van der Waals surface area contributed by atoms with E-state index in [2.05, 4.69) is 0 Å². The lowest BCUT2D eigenvalue weighted by Crippen LogP contribution is -2.51. The van der Waals surface area contributed by atoms with Gasteiger partial charge < -0.3 is 9.80 Å². The van der Waals surface area contributed by atoms with Crippen LogP contribution in [0.3, 0.4) is 0 Å². The molecule has 0 aromatic heterocycles. The number of sulfone groups is 1. The third-order valence-electron chi connectivity index (χ3n) is 4.12. The molecule has 138 valence electrons. The zero-order valence-electron chi connectivity index (χ0n) is 14.9. The number of nitrogens with zero attached hydrogens (tertiary/aromatic N) is 3. The second kappa shape index (κ2) is 6.62. The summed E-state index contributed by atoms with van der Waals surface area (Å²) in [6, 6.07) is 3.94. The summed E-state index contributed by atoms with van der Waals surface area (Å²) < 4.78 is 23.3.